The van der Waals surface area contributed by atoms with Crippen LogP contribution in [0.2, 0.25) is 0 Å². The van der Waals surface area contributed by atoms with Gasteiger partial charge in [-0.25, -0.2) is 4.98 Å². The molecule has 5 rings (SSSR count). The molecule has 0 radical (unpaired) electrons. The van der Waals surface area contributed by atoms with E-state index in [9.17, 15) is 0 Å². The minimum atomic E-state index is -0.0647. The number of benzene rings is 1. The molecule has 0 saturated heterocycles. The van der Waals surface area contributed by atoms with E-state index in [0.717, 1.165) is 42.2 Å². The number of nitrogens with zero attached hydrogens (tertiary/aromatic N) is 5. The topological polar surface area (TPSA) is 75.8 Å². The third kappa shape index (κ3) is 2.96. The smallest absolute Gasteiger partial charge is 0.160 e. The number of H-pyrrole nitrogens is 1. The summed E-state index contributed by atoms with van der Waals surface area (Å²) in [5.41, 5.74) is 5.24. The zero-order valence-electron chi connectivity index (χ0n) is 15.0. The molecule has 1 aliphatic heterocycles. The molecule has 1 aliphatic rings. The van der Waals surface area contributed by atoms with Crippen LogP contribution in [0.3, 0.4) is 0 Å². The van der Waals surface area contributed by atoms with Gasteiger partial charge in [-0.2, -0.15) is 5.10 Å². The molecule has 1 aromatic carbocycles. The first-order valence-corrected chi connectivity index (χ1v) is 9.03. The van der Waals surface area contributed by atoms with Crippen molar-refractivity contribution in [1.82, 2.24) is 29.8 Å². The molecule has 3 aromatic heterocycles. The van der Waals surface area contributed by atoms with E-state index in [1.807, 2.05) is 60.5 Å². The summed E-state index contributed by atoms with van der Waals surface area (Å²) in [5.74, 6) is 0.811. The van der Waals surface area contributed by atoms with Gasteiger partial charge < -0.3 is 9.51 Å². The van der Waals surface area contributed by atoms with Crippen LogP contribution in [0.25, 0.3) is 11.3 Å². The van der Waals surface area contributed by atoms with Crippen LogP contribution in [0.5, 0.6) is 0 Å². The zero-order valence-corrected chi connectivity index (χ0v) is 15.0. The summed E-state index contributed by atoms with van der Waals surface area (Å²) in [6, 6.07) is 12.0. The molecule has 1 unspecified atom stereocenters. The van der Waals surface area contributed by atoms with E-state index >= 15 is 0 Å². The summed E-state index contributed by atoms with van der Waals surface area (Å²) < 4.78 is 7.62. The van der Waals surface area contributed by atoms with Crippen molar-refractivity contribution in [2.75, 3.05) is 6.54 Å². The number of fused-ring (bicyclic) bond motifs is 1. The Bertz CT molecular complexity index is 1050. The lowest BCUT2D eigenvalue weighted by atomic mass is 9.99. The lowest BCUT2D eigenvalue weighted by molar-refractivity contribution is 0.170. The Morgan fingerprint density at radius 2 is 2.15 bits per heavy atom. The van der Waals surface area contributed by atoms with Crippen LogP contribution in [-0.4, -0.2) is 36.3 Å². The first-order chi connectivity index (χ1) is 13.3. The second kappa shape index (κ2) is 6.51. The van der Waals surface area contributed by atoms with Crippen molar-refractivity contribution in [1.29, 1.82) is 0 Å². The second-order valence-corrected chi connectivity index (χ2v) is 6.89. The molecular formula is C20H20N6O. The molecule has 7 heteroatoms. The highest BCUT2D eigenvalue weighted by atomic mass is 16.5. The Hall–Kier alpha value is -3.19. The maximum absolute atomic E-state index is 5.79. The highest BCUT2D eigenvalue weighted by molar-refractivity contribution is 5.58. The van der Waals surface area contributed by atoms with Gasteiger partial charge in [0.2, 0.25) is 0 Å². The van der Waals surface area contributed by atoms with Crippen molar-refractivity contribution in [2.45, 2.75) is 19.0 Å². The summed E-state index contributed by atoms with van der Waals surface area (Å²) in [6.07, 6.45) is 6.66. The zero-order chi connectivity index (χ0) is 18.2. The fraction of sp³-hybridized carbons (Fsp3) is 0.250. The average Bonchev–Trinajstić information content (AvgIpc) is 3.43. The average molecular weight is 360 g/mol. The van der Waals surface area contributed by atoms with Crippen molar-refractivity contribution in [3.05, 3.63) is 77.8 Å². The van der Waals surface area contributed by atoms with Crippen molar-refractivity contribution in [2.24, 2.45) is 7.05 Å². The molecule has 0 saturated carbocycles. The molecule has 0 bridgehead atoms. The van der Waals surface area contributed by atoms with Gasteiger partial charge >= 0.3 is 0 Å². The molecule has 0 spiro atoms. The molecule has 4 heterocycles. The number of aryl methyl sites for hydroxylation is 1. The Balaban J connectivity index is 1.51. The van der Waals surface area contributed by atoms with Gasteiger partial charge in [-0.3, -0.25) is 9.58 Å². The normalized spacial score (nSPS) is 17.1. The van der Waals surface area contributed by atoms with Crippen LogP contribution in [-0.2, 0) is 20.0 Å². The summed E-state index contributed by atoms with van der Waals surface area (Å²) in [6.45, 7) is 1.70. The minimum Gasteiger partial charge on any atom is -0.359 e. The van der Waals surface area contributed by atoms with Gasteiger partial charge in [-0.1, -0.05) is 35.5 Å². The summed E-state index contributed by atoms with van der Waals surface area (Å²) in [7, 11) is 1.94. The molecule has 4 aromatic rings. The van der Waals surface area contributed by atoms with Crippen molar-refractivity contribution >= 4 is 0 Å². The van der Waals surface area contributed by atoms with Gasteiger partial charge in [0.25, 0.3) is 0 Å². The molecule has 0 fully saturated rings. The maximum atomic E-state index is 5.79. The summed E-state index contributed by atoms with van der Waals surface area (Å²) >= 11 is 0. The molecule has 27 heavy (non-hydrogen) atoms. The van der Waals surface area contributed by atoms with Crippen LogP contribution >= 0.6 is 0 Å². The van der Waals surface area contributed by atoms with E-state index in [1.54, 1.807) is 6.33 Å². The predicted octanol–water partition coefficient (Wildman–Crippen LogP) is 2.95. The van der Waals surface area contributed by atoms with Gasteiger partial charge in [0.1, 0.15) is 11.7 Å². The van der Waals surface area contributed by atoms with Gasteiger partial charge in [-0.05, 0) is 0 Å². The molecular weight excluding hydrogens is 340 g/mol. The first-order valence-electron chi connectivity index (χ1n) is 9.03. The van der Waals surface area contributed by atoms with Crippen LogP contribution in [0.15, 0.2) is 59.6 Å². The quantitative estimate of drug-likeness (QED) is 0.606. The number of nitrogens with one attached hydrogen (secondary N) is 1. The highest BCUT2D eigenvalue weighted by Gasteiger charge is 2.34. The number of rotatable bonds is 4. The van der Waals surface area contributed by atoms with Crippen LogP contribution in [0.1, 0.15) is 28.8 Å². The summed E-state index contributed by atoms with van der Waals surface area (Å²) in [5, 5.41) is 8.60. The molecule has 1 atom stereocenters. The van der Waals surface area contributed by atoms with E-state index in [2.05, 4.69) is 25.1 Å². The fourth-order valence-corrected chi connectivity index (χ4v) is 3.76. The number of hydrogen-bond acceptors (Lipinski definition) is 5. The second-order valence-electron chi connectivity index (χ2n) is 6.89. The lowest BCUT2D eigenvalue weighted by Gasteiger charge is -2.32. The minimum absolute atomic E-state index is 0.0647. The standard InChI is InChI=1S/C20H20N6O/c1-25-11-14(10-23-25)12-26-8-7-16-19(22-13-21-16)20(26)18-9-17(24-27-18)15-5-3-2-4-6-15/h2-6,9-11,13,20H,7-8,12H2,1H3,(H,21,22). The third-order valence-electron chi connectivity index (χ3n) is 5.04. The van der Waals surface area contributed by atoms with Gasteiger partial charge in [0.05, 0.1) is 18.2 Å². The Labute approximate surface area is 156 Å². The van der Waals surface area contributed by atoms with Crippen LogP contribution in [0, 0.1) is 0 Å². The van der Waals surface area contributed by atoms with Crippen molar-refractivity contribution in [3.8, 4) is 11.3 Å². The van der Waals surface area contributed by atoms with Crippen molar-refractivity contribution < 1.29 is 4.52 Å². The van der Waals surface area contributed by atoms with Gasteiger partial charge in [-0.15, -0.1) is 0 Å². The van der Waals surface area contributed by atoms with E-state index < -0.39 is 0 Å². The van der Waals surface area contributed by atoms with E-state index in [1.165, 1.54) is 11.3 Å². The predicted molar refractivity (Wildman–Crippen MR) is 99.7 cm³/mol. The molecule has 0 aliphatic carbocycles. The Morgan fingerprint density at radius 1 is 1.26 bits per heavy atom. The third-order valence-corrected chi connectivity index (χ3v) is 5.04. The number of aromatic nitrogens is 5. The van der Waals surface area contributed by atoms with E-state index in [4.69, 9.17) is 4.52 Å². The molecule has 7 nitrogen and oxygen atoms in total. The van der Waals surface area contributed by atoms with E-state index in [0.29, 0.717) is 0 Å². The number of imidazole rings is 1. The lowest BCUT2D eigenvalue weighted by Crippen LogP contribution is -2.35. The summed E-state index contributed by atoms with van der Waals surface area (Å²) in [4.78, 5) is 10.2. The maximum Gasteiger partial charge on any atom is 0.160 e. The first kappa shape index (κ1) is 16.0. The highest BCUT2D eigenvalue weighted by Crippen LogP contribution is 2.35. The van der Waals surface area contributed by atoms with Gasteiger partial charge in [0, 0.05) is 55.6 Å². The van der Waals surface area contributed by atoms with Crippen LogP contribution in [0.4, 0.5) is 0 Å². The fourth-order valence-electron chi connectivity index (χ4n) is 3.76. The monoisotopic (exact) mass is 360 g/mol. The number of hydrogen-bond donors (Lipinski definition) is 1. The largest absolute Gasteiger partial charge is 0.359 e. The Kier molecular flexibility index (Phi) is 3.86. The molecule has 0 amide bonds. The molecule has 1 N–H and O–H groups in total. The van der Waals surface area contributed by atoms with Crippen LogP contribution < -0.4 is 0 Å². The van der Waals surface area contributed by atoms with Crippen molar-refractivity contribution in [3.63, 3.8) is 0 Å². The van der Waals surface area contributed by atoms with Gasteiger partial charge in [0.15, 0.2) is 5.76 Å². The Morgan fingerprint density at radius 3 is 2.96 bits per heavy atom. The SMILES string of the molecule is Cn1cc(CN2CCc3[nH]cnc3C2c2cc(-c3ccccc3)no2)cn1. The molecule has 136 valence electrons. The van der Waals surface area contributed by atoms with E-state index in [-0.39, 0.29) is 6.04 Å². The number of aromatic amines is 1.